The number of pyridine rings is 1. The molecule has 0 aliphatic carbocycles. The van der Waals surface area contributed by atoms with E-state index in [1.807, 2.05) is 30.3 Å². The van der Waals surface area contributed by atoms with Gasteiger partial charge in [-0.15, -0.1) is 0 Å². The number of carbonyl (C=O) groups excluding carboxylic acids is 1. The van der Waals surface area contributed by atoms with Crippen molar-refractivity contribution in [1.29, 1.82) is 0 Å². The lowest BCUT2D eigenvalue weighted by Gasteiger charge is -2.41. The van der Waals surface area contributed by atoms with E-state index >= 15 is 0 Å². The first-order valence-corrected chi connectivity index (χ1v) is 14.1. The number of halogens is 2. The lowest BCUT2D eigenvalue weighted by molar-refractivity contribution is 0.0946. The summed E-state index contributed by atoms with van der Waals surface area (Å²) in [6.45, 7) is 2.88. The Labute approximate surface area is 232 Å². The van der Waals surface area contributed by atoms with Gasteiger partial charge in [0.15, 0.2) is 0 Å². The van der Waals surface area contributed by atoms with Crippen molar-refractivity contribution in [3.05, 3.63) is 71.3 Å². The Morgan fingerprint density at radius 3 is 2.64 bits per heavy atom. The molecule has 5 rings (SSSR count). The van der Waals surface area contributed by atoms with Gasteiger partial charge in [0.1, 0.15) is 20.6 Å². The number of nitrogens with zero attached hydrogens (tertiary/aromatic N) is 4. The van der Waals surface area contributed by atoms with Crippen molar-refractivity contribution >= 4 is 57.7 Å². The van der Waals surface area contributed by atoms with Gasteiger partial charge >= 0.3 is 0 Å². The van der Waals surface area contributed by atoms with Gasteiger partial charge in [0.25, 0.3) is 5.91 Å². The molecule has 0 saturated carbocycles. The van der Waals surface area contributed by atoms with Gasteiger partial charge < -0.3 is 20.7 Å². The molecule has 3 N–H and O–H groups in total. The van der Waals surface area contributed by atoms with E-state index in [0.29, 0.717) is 21.5 Å². The molecule has 2 saturated heterocycles. The number of nitrogens with two attached hydrogens (primary N) is 1. The Morgan fingerprint density at radius 1 is 1.19 bits per heavy atom. The van der Waals surface area contributed by atoms with Crippen molar-refractivity contribution in [3.8, 4) is 0 Å². The molecular formula is C25H26ClIN6O2S. The van der Waals surface area contributed by atoms with Crippen LogP contribution in [0.15, 0.2) is 64.9 Å². The lowest BCUT2D eigenvalue weighted by Crippen LogP contribution is -2.50. The highest BCUT2D eigenvalue weighted by molar-refractivity contribution is 14.1. The van der Waals surface area contributed by atoms with Crippen LogP contribution in [-0.4, -0.2) is 50.7 Å². The first kappa shape index (κ1) is 25.7. The number of rotatable bonds is 6. The third kappa shape index (κ3) is 5.47. The molecular weight excluding hydrogens is 611 g/mol. The molecule has 11 heteroatoms. The van der Waals surface area contributed by atoms with Crippen LogP contribution in [0.3, 0.4) is 0 Å². The maximum Gasteiger partial charge on any atom is 0.271 e. The van der Waals surface area contributed by atoms with Gasteiger partial charge in [-0.05, 0) is 47.1 Å². The average Bonchev–Trinajstić information content (AvgIpc) is 3.18. The van der Waals surface area contributed by atoms with Crippen molar-refractivity contribution < 1.29 is 9.53 Å². The summed E-state index contributed by atoms with van der Waals surface area (Å²) >= 11 is 10.2. The highest BCUT2D eigenvalue weighted by Gasteiger charge is 2.48. The van der Waals surface area contributed by atoms with Crippen LogP contribution < -0.4 is 16.0 Å². The SMILES string of the molecule is N[C@@H]1[C@H](I)OCC12CCN(c1cnc(Sc3ccnc(C(=O)NCc4ccccc4)c3Cl)cn1)CC2. The van der Waals surface area contributed by atoms with Crippen LogP contribution in [0.2, 0.25) is 5.02 Å². The quantitative estimate of drug-likeness (QED) is 0.305. The Kier molecular flexibility index (Phi) is 7.96. The molecule has 4 heterocycles. The van der Waals surface area contributed by atoms with Crippen LogP contribution in [0.5, 0.6) is 0 Å². The number of carbonyl (C=O) groups is 1. The Hall–Kier alpha value is -1.99. The molecule has 0 bridgehead atoms. The molecule has 1 spiro atoms. The fourth-order valence-electron chi connectivity index (χ4n) is 4.55. The number of anilines is 1. The molecule has 3 aromatic rings. The molecule has 2 aliphatic rings. The highest BCUT2D eigenvalue weighted by atomic mass is 127. The molecule has 2 fully saturated rings. The number of nitrogens with one attached hydrogen (secondary N) is 1. The summed E-state index contributed by atoms with van der Waals surface area (Å²) in [5.74, 6) is 0.520. The molecule has 2 aromatic heterocycles. The average molecular weight is 637 g/mol. The second kappa shape index (κ2) is 11.2. The molecule has 1 aromatic carbocycles. The van der Waals surface area contributed by atoms with Crippen molar-refractivity contribution in [1.82, 2.24) is 20.3 Å². The maximum atomic E-state index is 12.7. The van der Waals surface area contributed by atoms with Crippen molar-refractivity contribution in [2.45, 2.75) is 39.5 Å². The predicted octanol–water partition coefficient (Wildman–Crippen LogP) is 4.31. The zero-order chi connectivity index (χ0) is 25.1. The van der Waals surface area contributed by atoms with Crippen molar-refractivity contribution in [2.24, 2.45) is 11.1 Å². The fourth-order valence-corrected chi connectivity index (χ4v) is 6.55. The van der Waals surface area contributed by atoms with Crippen LogP contribution in [0, 0.1) is 5.41 Å². The first-order valence-electron chi connectivity index (χ1n) is 11.7. The standard InChI is InChI=1S/C25H26ClIN6O2S/c26-20-17(6-9-29-21(20)24(34)32-12-16-4-2-1-3-5-16)36-19-14-30-18(13-31-19)33-10-7-25(8-11-33)15-35-23(27)22(25)28/h1-6,9,13-14,22-23H,7-8,10-12,15,28H2,(H,32,34)/t22-,23-/m1/s1. The number of benzene rings is 1. The molecule has 1 amide bonds. The summed E-state index contributed by atoms with van der Waals surface area (Å²) in [5.41, 5.74) is 7.68. The summed E-state index contributed by atoms with van der Waals surface area (Å²) < 4.78 is 5.89. The maximum absolute atomic E-state index is 12.7. The number of piperidine rings is 1. The van der Waals surface area contributed by atoms with Gasteiger partial charge in [-0.25, -0.2) is 15.0 Å². The van der Waals surface area contributed by atoms with Crippen LogP contribution >= 0.6 is 46.0 Å². The normalized spacial score (nSPS) is 21.0. The second-order valence-corrected chi connectivity index (χ2v) is 11.7. The zero-order valence-corrected chi connectivity index (χ0v) is 23.2. The fraction of sp³-hybridized carbons (Fsp3) is 0.360. The minimum Gasteiger partial charge on any atom is -0.366 e. The molecule has 2 atom stereocenters. The Bertz CT molecular complexity index is 1210. The number of amides is 1. The third-order valence-corrected chi connectivity index (χ3v) is 9.41. The van der Waals surface area contributed by atoms with E-state index in [4.69, 9.17) is 22.1 Å². The van der Waals surface area contributed by atoms with Gasteiger partial charge in [-0.1, -0.05) is 53.7 Å². The summed E-state index contributed by atoms with van der Waals surface area (Å²) in [4.78, 5) is 29.0. The minimum atomic E-state index is -0.322. The van der Waals surface area contributed by atoms with Crippen molar-refractivity contribution in [3.63, 3.8) is 0 Å². The second-order valence-electron chi connectivity index (χ2n) is 8.99. The molecule has 2 aliphatic heterocycles. The van der Waals surface area contributed by atoms with Gasteiger partial charge in [0, 0.05) is 42.2 Å². The van der Waals surface area contributed by atoms with E-state index in [9.17, 15) is 4.79 Å². The van der Waals surface area contributed by atoms with E-state index in [0.717, 1.165) is 43.9 Å². The number of hydrogen-bond acceptors (Lipinski definition) is 8. The minimum absolute atomic E-state index is 0.0643. The van der Waals surface area contributed by atoms with Crippen molar-refractivity contribution in [2.75, 3.05) is 24.6 Å². The van der Waals surface area contributed by atoms with E-state index in [1.165, 1.54) is 11.8 Å². The van der Waals surface area contributed by atoms with Crippen LogP contribution in [0.1, 0.15) is 28.9 Å². The van der Waals surface area contributed by atoms with Crippen LogP contribution in [0.4, 0.5) is 5.82 Å². The number of alkyl halides is 1. The summed E-state index contributed by atoms with van der Waals surface area (Å²) in [6, 6.07) is 11.5. The number of ether oxygens (including phenoxy) is 1. The van der Waals surface area contributed by atoms with E-state index in [1.54, 1.807) is 24.7 Å². The zero-order valence-electron chi connectivity index (χ0n) is 19.4. The Balaban J connectivity index is 1.20. The van der Waals surface area contributed by atoms with Gasteiger partial charge in [0.05, 0.1) is 24.0 Å². The van der Waals surface area contributed by atoms with Gasteiger partial charge in [-0.2, -0.15) is 0 Å². The predicted molar refractivity (Wildman–Crippen MR) is 149 cm³/mol. The van der Waals surface area contributed by atoms with E-state index in [-0.39, 0.29) is 27.2 Å². The van der Waals surface area contributed by atoms with E-state index < -0.39 is 0 Å². The lowest BCUT2D eigenvalue weighted by atomic mass is 9.75. The monoisotopic (exact) mass is 636 g/mol. The largest absolute Gasteiger partial charge is 0.366 e. The third-order valence-electron chi connectivity index (χ3n) is 6.80. The first-order chi connectivity index (χ1) is 17.4. The molecule has 188 valence electrons. The van der Waals surface area contributed by atoms with Gasteiger partial charge in [-0.3, -0.25) is 4.79 Å². The molecule has 0 radical (unpaired) electrons. The Morgan fingerprint density at radius 2 is 1.97 bits per heavy atom. The van der Waals surface area contributed by atoms with E-state index in [2.05, 4.69) is 47.8 Å². The van der Waals surface area contributed by atoms with Crippen LogP contribution in [0.25, 0.3) is 0 Å². The topological polar surface area (TPSA) is 106 Å². The smallest absolute Gasteiger partial charge is 0.271 e. The highest BCUT2D eigenvalue weighted by Crippen LogP contribution is 2.43. The number of aromatic nitrogens is 3. The molecule has 0 unspecified atom stereocenters. The molecule has 8 nitrogen and oxygen atoms in total. The molecule has 36 heavy (non-hydrogen) atoms. The van der Waals surface area contributed by atoms with Gasteiger partial charge in [0.2, 0.25) is 0 Å². The van der Waals surface area contributed by atoms with Crippen LogP contribution in [-0.2, 0) is 11.3 Å². The summed E-state index contributed by atoms with van der Waals surface area (Å²) in [5, 5.41) is 3.85. The summed E-state index contributed by atoms with van der Waals surface area (Å²) in [7, 11) is 0. The summed E-state index contributed by atoms with van der Waals surface area (Å²) in [6.07, 6.45) is 7.06. The number of hydrogen-bond donors (Lipinski definition) is 2.